The SMILES string of the molecule is CCC(C)C(=O)Nc1cccc(CNC(=O)CSc2nc3ccccc3n2CC)c1. The van der Waals surface area contributed by atoms with Gasteiger partial charge in [0.05, 0.1) is 16.8 Å². The molecule has 0 aliphatic rings. The molecule has 0 fully saturated rings. The second kappa shape index (κ2) is 10.3. The number of para-hydroxylation sites is 2. The molecule has 3 rings (SSSR count). The number of hydrogen-bond donors (Lipinski definition) is 2. The maximum Gasteiger partial charge on any atom is 0.230 e. The Morgan fingerprint density at radius 3 is 2.70 bits per heavy atom. The number of carbonyl (C=O) groups excluding carboxylic acids is 2. The van der Waals surface area contributed by atoms with Crippen molar-refractivity contribution in [2.45, 2.75) is 45.4 Å². The molecule has 0 radical (unpaired) electrons. The number of benzene rings is 2. The van der Waals surface area contributed by atoms with Crippen molar-refractivity contribution in [3.8, 4) is 0 Å². The third-order valence-electron chi connectivity index (χ3n) is 5.01. The van der Waals surface area contributed by atoms with Gasteiger partial charge in [0.25, 0.3) is 0 Å². The third kappa shape index (κ3) is 5.42. The predicted molar refractivity (Wildman–Crippen MR) is 123 cm³/mol. The van der Waals surface area contributed by atoms with Crippen LogP contribution in [-0.2, 0) is 22.7 Å². The molecule has 2 amide bonds. The number of nitrogens with zero attached hydrogens (tertiary/aromatic N) is 2. The quantitative estimate of drug-likeness (QED) is 0.498. The van der Waals surface area contributed by atoms with E-state index in [4.69, 9.17) is 0 Å². The fourth-order valence-electron chi connectivity index (χ4n) is 3.06. The van der Waals surface area contributed by atoms with E-state index in [9.17, 15) is 9.59 Å². The lowest BCUT2D eigenvalue weighted by Crippen LogP contribution is -2.25. The van der Waals surface area contributed by atoms with Gasteiger partial charge >= 0.3 is 0 Å². The molecular formula is C23H28N4O2S. The molecule has 0 aliphatic heterocycles. The van der Waals surface area contributed by atoms with Gasteiger partial charge in [0.1, 0.15) is 0 Å². The molecule has 2 N–H and O–H groups in total. The van der Waals surface area contributed by atoms with E-state index in [-0.39, 0.29) is 17.7 Å². The first-order valence-corrected chi connectivity index (χ1v) is 11.2. The van der Waals surface area contributed by atoms with Crippen molar-refractivity contribution in [1.29, 1.82) is 0 Å². The van der Waals surface area contributed by atoms with Gasteiger partial charge < -0.3 is 15.2 Å². The van der Waals surface area contributed by atoms with E-state index < -0.39 is 0 Å². The smallest absolute Gasteiger partial charge is 0.230 e. The fraction of sp³-hybridized carbons (Fsp3) is 0.348. The summed E-state index contributed by atoms with van der Waals surface area (Å²) in [4.78, 5) is 29.1. The Bertz CT molecular complexity index is 1030. The van der Waals surface area contributed by atoms with E-state index in [1.807, 2.05) is 62.4 Å². The van der Waals surface area contributed by atoms with Gasteiger partial charge in [0, 0.05) is 24.7 Å². The summed E-state index contributed by atoms with van der Waals surface area (Å²) < 4.78 is 2.12. The average Bonchev–Trinajstić information content (AvgIpc) is 3.13. The molecule has 1 unspecified atom stereocenters. The highest BCUT2D eigenvalue weighted by molar-refractivity contribution is 7.99. The Kier molecular flexibility index (Phi) is 7.52. The van der Waals surface area contributed by atoms with Crippen molar-refractivity contribution in [3.63, 3.8) is 0 Å². The van der Waals surface area contributed by atoms with Crippen LogP contribution in [0, 0.1) is 5.92 Å². The topological polar surface area (TPSA) is 76.0 Å². The van der Waals surface area contributed by atoms with Crippen LogP contribution >= 0.6 is 11.8 Å². The van der Waals surface area contributed by atoms with Crippen molar-refractivity contribution in [3.05, 3.63) is 54.1 Å². The molecule has 30 heavy (non-hydrogen) atoms. The number of anilines is 1. The van der Waals surface area contributed by atoms with Gasteiger partial charge in [-0.3, -0.25) is 9.59 Å². The Balaban J connectivity index is 1.54. The summed E-state index contributed by atoms with van der Waals surface area (Å²) in [6, 6.07) is 15.6. The van der Waals surface area contributed by atoms with E-state index in [2.05, 4.69) is 27.1 Å². The Morgan fingerprint density at radius 2 is 1.93 bits per heavy atom. The minimum atomic E-state index is -0.0521. The number of aromatic nitrogens is 2. The fourth-order valence-corrected chi connectivity index (χ4v) is 3.97. The van der Waals surface area contributed by atoms with Crippen LogP contribution in [0.2, 0.25) is 0 Å². The van der Waals surface area contributed by atoms with Crippen molar-refractivity contribution < 1.29 is 9.59 Å². The van der Waals surface area contributed by atoms with E-state index in [0.29, 0.717) is 12.3 Å². The molecule has 2 aromatic carbocycles. The minimum Gasteiger partial charge on any atom is -0.351 e. The molecule has 0 spiro atoms. The number of nitrogens with one attached hydrogen (secondary N) is 2. The summed E-state index contributed by atoms with van der Waals surface area (Å²) in [5.74, 6) is 0.226. The van der Waals surface area contributed by atoms with Gasteiger partial charge in [-0.05, 0) is 43.2 Å². The Morgan fingerprint density at radius 1 is 1.13 bits per heavy atom. The second-order valence-electron chi connectivity index (χ2n) is 7.19. The standard InChI is InChI=1S/C23H28N4O2S/c1-4-16(3)22(29)25-18-10-8-9-17(13-18)14-24-21(28)15-30-23-26-19-11-6-7-12-20(19)27(23)5-2/h6-13,16H,4-5,14-15H2,1-3H3,(H,24,28)(H,25,29). The summed E-state index contributed by atoms with van der Waals surface area (Å²) >= 11 is 1.44. The summed E-state index contributed by atoms with van der Waals surface area (Å²) in [6.45, 7) is 7.19. The zero-order valence-electron chi connectivity index (χ0n) is 17.6. The molecule has 0 bridgehead atoms. The predicted octanol–water partition coefficient (Wildman–Crippen LogP) is 4.45. The molecule has 158 valence electrons. The van der Waals surface area contributed by atoms with Crippen molar-refractivity contribution in [2.75, 3.05) is 11.1 Å². The minimum absolute atomic E-state index is 0.00824. The van der Waals surface area contributed by atoms with Crippen LogP contribution in [0.15, 0.2) is 53.7 Å². The van der Waals surface area contributed by atoms with E-state index >= 15 is 0 Å². The molecule has 6 nitrogen and oxygen atoms in total. The van der Waals surface area contributed by atoms with Crippen LogP contribution in [-0.4, -0.2) is 27.1 Å². The zero-order chi connectivity index (χ0) is 21.5. The van der Waals surface area contributed by atoms with Gasteiger partial charge in [-0.2, -0.15) is 0 Å². The van der Waals surface area contributed by atoms with Crippen molar-refractivity contribution >= 4 is 40.3 Å². The molecule has 1 atom stereocenters. The summed E-state index contributed by atoms with van der Waals surface area (Å²) in [5, 5.41) is 6.72. The lowest BCUT2D eigenvalue weighted by Gasteiger charge is -2.11. The van der Waals surface area contributed by atoms with E-state index in [0.717, 1.165) is 40.4 Å². The monoisotopic (exact) mass is 424 g/mol. The summed E-state index contributed by atoms with van der Waals surface area (Å²) in [7, 11) is 0. The molecule has 3 aromatic rings. The number of carbonyl (C=O) groups is 2. The van der Waals surface area contributed by atoms with Crippen LogP contribution in [0.5, 0.6) is 0 Å². The van der Waals surface area contributed by atoms with Crippen molar-refractivity contribution in [1.82, 2.24) is 14.9 Å². The zero-order valence-corrected chi connectivity index (χ0v) is 18.5. The lowest BCUT2D eigenvalue weighted by molar-refractivity contribution is -0.120. The summed E-state index contributed by atoms with van der Waals surface area (Å²) in [5.41, 5.74) is 3.71. The molecular weight excluding hydrogens is 396 g/mol. The number of hydrogen-bond acceptors (Lipinski definition) is 4. The van der Waals surface area contributed by atoms with Crippen molar-refractivity contribution in [2.24, 2.45) is 5.92 Å². The first-order valence-electron chi connectivity index (χ1n) is 10.3. The highest BCUT2D eigenvalue weighted by Gasteiger charge is 2.13. The third-order valence-corrected chi connectivity index (χ3v) is 5.99. The highest BCUT2D eigenvalue weighted by atomic mass is 32.2. The molecule has 1 aromatic heterocycles. The largest absolute Gasteiger partial charge is 0.351 e. The van der Waals surface area contributed by atoms with Crippen LogP contribution in [0.1, 0.15) is 32.8 Å². The molecule has 0 saturated heterocycles. The van der Waals surface area contributed by atoms with Gasteiger partial charge in [-0.1, -0.05) is 49.9 Å². The number of imidazole rings is 1. The number of rotatable bonds is 9. The Hall–Kier alpha value is -2.80. The van der Waals surface area contributed by atoms with Crippen LogP contribution in [0.3, 0.4) is 0 Å². The normalized spacial score (nSPS) is 12.0. The Labute approximate surface area is 181 Å². The number of fused-ring (bicyclic) bond motifs is 1. The molecule has 1 heterocycles. The number of thioether (sulfide) groups is 1. The summed E-state index contributed by atoms with van der Waals surface area (Å²) in [6.07, 6.45) is 0.797. The average molecular weight is 425 g/mol. The molecule has 7 heteroatoms. The second-order valence-corrected chi connectivity index (χ2v) is 8.13. The van der Waals surface area contributed by atoms with Gasteiger partial charge in [-0.25, -0.2) is 4.98 Å². The van der Waals surface area contributed by atoms with Gasteiger partial charge in [-0.15, -0.1) is 0 Å². The van der Waals surface area contributed by atoms with Crippen LogP contribution in [0.4, 0.5) is 5.69 Å². The van der Waals surface area contributed by atoms with Crippen LogP contribution in [0.25, 0.3) is 11.0 Å². The maximum absolute atomic E-state index is 12.4. The number of aryl methyl sites for hydroxylation is 1. The van der Waals surface area contributed by atoms with Crippen LogP contribution < -0.4 is 10.6 Å². The molecule has 0 aliphatic carbocycles. The van der Waals surface area contributed by atoms with E-state index in [1.54, 1.807) is 0 Å². The van der Waals surface area contributed by atoms with Gasteiger partial charge in [0.2, 0.25) is 11.8 Å². The maximum atomic E-state index is 12.4. The number of amides is 2. The first kappa shape index (κ1) is 21.9. The first-order chi connectivity index (χ1) is 14.5. The van der Waals surface area contributed by atoms with Gasteiger partial charge in [0.15, 0.2) is 5.16 Å². The molecule has 0 saturated carbocycles. The highest BCUT2D eigenvalue weighted by Crippen LogP contribution is 2.23. The lowest BCUT2D eigenvalue weighted by atomic mass is 10.1. The van der Waals surface area contributed by atoms with E-state index in [1.165, 1.54) is 11.8 Å².